The molecule has 9 nitrogen and oxygen atoms in total. The molecule has 0 saturated heterocycles. The lowest BCUT2D eigenvalue weighted by atomic mass is 10.1. The maximum Gasteiger partial charge on any atom is 0.322 e. The quantitative estimate of drug-likeness (QED) is 0.632. The molecule has 9 heteroatoms. The number of hydrogen-bond donors (Lipinski definition) is 3. The molecule has 0 aromatic heterocycles. The zero-order valence-corrected chi connectivity index (χ0v) is 14.5. The van der Waals surface area contributed by atoms with Gasteiger partial charge in [-0.25, -0.2) is 0 Å². The summed E-state index contributed by atoms with van der Waals surface area (Å²) in [5.74, 6) is -3.35. The smallest absolute Gasteiger partial charge is 0.322 e. The van der Waals surface area contributed by atoms with Crippen LogP contribution in [0.1, 0.15) is 31.1 Å². The van der Waals surface area contributed by atoms with Crippen molar-refractivity contribution in [2.24, 2.45) is 0 Å². The number of aliphatic carboxylic acids is 1. The van der Waals surface area contributed by atoms with Crippen molar-refractivity contribution in [1.82, 2.24) is 10.2 Å². The fourth-order valence-electron chi connectivity index (χ4n) is 2.69. The highest BCUT2D eigenvalue weighted by Crippen LogP contribution is 2.22. The molecule has 28 heavy (non-hydrogen) atoms. The number of anilines is 1. The van der Waals surface area contributed by atoms with E-state index in [1.54, 1.807) is 12.1 Å². The molecule has 0 saturated carbocycles. The number of nitrogens with zero attached hydrogens (tertiary/aromatic N) is 1. The van der Waals surface area contributed by atoms with Crippen LogP contribution in [0, 0.1) is 0 Å². The van der Waals surface area contributed by atoms with Crippen molar-refractivity contribution in [2.75, 3.05) is 18.4 Å². The molecule has 2 aromatic carbocycles. The fourth-order valence-corrected chi connectivity index (χ4v) is 2.69. The molecule has 3 rings (SSSR count). The maximum absolute atomic E-state index is 12.3. The van der Waals surface area contributed by atoms with E-state index in [1.807, 2.05) is 0 Å². The Morgan fingerprint density at radius 2 is 1.46 bits per heavy atom. The number of rotatable bonds is 6. The van der Waals surface area contributed by atoms with Gasteiger partial charge in [-0.15, -0.1) is 0 Å². The van der Waals surface area contributed by atoms with E-state index in [9.17, 15) is 24.0 Å². The van der Waals surface area contributed by atoms with Crippen molar-refractivity contribution in [2.45, 2.75) is 0 Å². The summed E-state index contributed by atoms with van der Waals surface area (Å²) in [4.78, 5) is 59.8. The van der Waals surface area contributed by atoms with Crippen LogP contribution in [0.3, 0.4) is 0 Å². The molecule has 0 bridgehead atoms. The first-order chi connectivity index (χ1) is 13.4. The third-order valence-corrected chi connectivity index (χ3v) is 4.01. The van der Waals surface area contributed by atoms with E-state index in [0.717, 1.165) is 4.90 Å². The fraction of sp³-hybridized carbons (Fsp3) is 0.105. The first-order valence-corrected chi connectivity index (χ1v) is 8.22. The first-order valence-electron chi connectivity index (χ1n) is 8.22. The van der Waals surface area contributed by atoms with E-state index in [0.29, 0.717) is 5.69 Å². The van der Waals surface area contributed by atoms with Gasteiger partial charge in [-0.3, -0.25) is 28.9 Å². The molecule has 0 aliphatic carbocycles. The van der Waals surface area contributed by atoms with Gasteiger partial charge in [0.1, 0.15) is 13.1 Å². The van der Waals surface area contributed by atoms with Gasteiger partial charge in [-0.2, -0.15) is 0 Å². The summed E-state index contributed by atoms with van der Waals surface area (Å²) in [6, 6.07) is 12.1. The van der Waals surface area contributed by atoms with Crippen LogP contribution in [0.25, 0.3) is 0 Å². The zero-order valence-electron chi connectivity index (χ0n) is 14.5. The van der Waals surface area contributed by atoms with Crippen molar-refractivity contribution < 1.29 is 29.1 Å². The summed E-state index contributed by atoms with van der Waals surface area (Å²) in [6.45, 7) is -0.940. The Kier molecular flexibility index (Phi) is 5.16. The third-order valence-electron chi connectivity index (χ3n) is 4.01. The maximum atomic E-state index is 12.3. The van der Waals surface area contributed by atoms with Crippen LogP contribution in [-0.2, 0) is 9.59 Å². The van der Waals surface area contributed by atoms with Gasteiger partial charge in [0.05, 0.1) is 11.1 Å². The molecule has 4 amide bonds. The van der Waals surface area contributed by atoms with Crippen molar-refractivity contribution in [1.29, 1.82) is 0 Å². The lowest BCUT2D eigenvalue weighted by Gasteiger charge is -2.13. The van der Waals surface area contributed by atoms with E-state index >= 15 is 0 Å². The Hall–Kier alpha value is -4.01. The van der Waals surface area contributed by atoms with Crippen molar-refractivity contribution in [3.8, 4) is 0 Å². The van der Waals surface area contributed by atoms with Gasteiger partial charge in [-0.05, 0) is 36.4 Å². The van der Waals surface area contributed by atoms with E-state index in [2.05, 4.69) is 10.6 Å². The minimum absolute atomic E-state index is 0.222. The molecule has 0 fully saturated rings. The van der Waals surface area contributed by atoms with Crippen molar-refractivity contribution in [3.05, 3.63) is 65.2 Å². The largest absolute Gasteiger partial charge is 0.480 e. The molecular weight excluding hydrogens is 366 g/mol. The Morgan fingerprint density at radius 1 is 0.893 bits per heavy atom. The van der Waals surface area contributed by atoms with E-state index < -0.39 is 42.7 Å². The van der Waals surface area contributed by atoms with Crippen LogP contribution in [-0.4, -0.2) is 52.7 Å². The first kappa shape index (κ1) is 18.8. The minimum atomic E-state index is -1.16. The molecule has 0 atom stereocenters. The van der Waals surface area contributed by atoms with Gasteiger partial charge < -0.3 is 15.7 Å². The lowest BCUT2D eigenvalue weighted by molar-refractivity contribution is -0.135. The second-order valence-electron chi connectivity index (χ2n) is 5.94. The van der Waals surface area contributed by atoms with Crippen LogP contribution in [0.15, 0.2) is 48.5 Å². The van der Waals surface area contributed by atoms with E-state index in [-0.39, 0.29) is 16.7 Å². The molecular formula is C19H15N3O6. The SMILES string of the molecule is O=C(O)CNC(=O)c1ccc(NC(=O)CN2C(=O)c3ccccc3C2=O)cc1. The Balaban J connectivity index is 1.60. The molecule has 0 unspecified atom stereocenters. The molecule has 1 aliphatic heterocycles. The Labute approximate surface area is 158 Å². The lowest BCUT2D eigenvalue weighted by Crippen LogP contribution is -2.37. The molecule has 142 valence electrons. The second kappa shape index (κ2) is 7.70. The topological polar surface area (TPSA) is 133 Å². The number of carboxylic acid groups (broad SMARTS) is 1. The van der Waals surface area contributed by atoms with Crippen LogP contribution >= 0.6 is 0 Å². The molecule has 1 heterocycles. The highest BCUT2D eigenvalue weighted by Gasteiger charge is 2.36. The highest BCUT2D eigenvalue weighted by molar-refractivity contribution is 6.22. The van der Waals surface area contributed by atoms with E-state index in [4.69, 9.17) is 5.11 Å². The summed E-state index contributed by atoms with van der Waals surface area (Å²) >= 11 is 0. The summed E-state index contributed by atoms with van der Waals surface area (Å²) in [5, 5.41) is 13.3. The van der Waals surface area contributed by atoms with Crippen LogP contribution in [0.5, 0.6) is 0 Å². The molecule has 3 N–H and O–H groups in total. The average molecular weight is 381 g/mol. The third kappa shape index (κ3) is 3.88. The van der Waals surface area contributed by atoms with Gasteiger partial charge in [0.2, 0.25) is 5.91 Å². The molecule has 2 aromatic rings. The normalized spacial score (nSPS) is 12.5. The van der Waals surface area contributed by atoms with E-state index in [1.165, 1.54) is 36.4 Å². The highest BCUT2D eigenvalue weighted by atomic mass is 16.4. The van der Waals surface area contributed by atoms with Crippen LogP contribution < -0.4 is 10.6 Å². The Bertz CT molecular complexity index is 948. The summed E-state index contributed by atoms with van der Waals surface area (Å²) in [6.07, 6.45) is 0. The summed E-state index contributed by atoms with van der Waals surface area (Å²) in [5.41, 5.74) is 1.10. The molecule has 0 radical (unpaired) electrons. The van der Waals surface area contributed by atoms with Gasteiger partial charge in [0.25, 0.3) is 17.7 Å². The summed E-state index contributed by atoms with van der Waals surface area (Å²) < 4.78 is 0. The number of imide groups is 1. The number of nitrogens with one attached hydrogen (secondary N) is 2. The number of carbonyl (C=O) groups is 5. The zero-order chi connectivity index (χ0) is 20.3. The number of carbonyl (C=O) groups excluding carboxylic acids is 4. The van der Waals surface area contributed by atoms with Gasteiger partial charge in [0, 0.05) is 11.3 Å². The number of hydrogen-bond acceptors (Lipinski definition) is 5. The second-order valence-corrected chi connectivity index (χ2v) is 5.94. The predicted octanol–water partition coefficient (Wildman–Crippen LogP) is 0.736. The molecule has 0 spiro atoms. The number of carboxylic acids is 1. The predicted molar refractivity (Wildman–Crippen MR) is 96.8 cm³/mol. The van der Waals surface area contributed by atoms with Gasteiger partial charge >= 0.3 is 5.97 Å². The standard InChI is InChI=1S/C19H15N3O6/c23-15(10-22-18(27)13-3-1-2-4-14(13)19(22)28)21-12-7-5-11(6-8-12)17(26)20-9-16(24)25/h1-8H,9-10H2,(H,20,26)(H,21,23)(H,24,25). The molecule has 1 aliphatic rings. The van der Waals surface area contributed by atoms with Crippen LogP contribution in [0.2, 0.25) is 0 Å². The van der Waals surface area contributed by atoms with Crippen LogP contribution in [0.4, 0.5) is 5.69 Å². The average Bonchev–Trinajstić information content (AvgIpc) is 2.92. The number of fused-ring (bicyclic) bond motifs is 1. The van der Waals surface area contributed by atoms with Gasteiger partial charge in [0.15, 0.2) is 0 Å². The van der Waals surface area contributed by atoms with Crippen molar-refractivity contribution in [3.63, 3.8) is 0 Å². The number of amides is 4. The van der Waals surface area contributed by atoms with Gasteiger partial charge in [-0.1, -0.05) is 12.1 Å². The minimum Gasteiger partial charge on any atom is -0.480 e. The number of benzene rings is 2. The monoisotopic (exact) mass is 381 g/mol. The Morgan fingerprint density at radius 3 is 2.00 bits per heavy atom. The summed E-state index contributed by atoms with van der Waals surface area (Å²) in [7, 11) is 0. The van der Waals surface area contributed by atoms with Crippen molar-refractivity contribution >= 4 is 35.3 Å².